The van der Waals surface area contributed by atoms with E-state index in [-0.39, 0.29) is 18.0 Å². The normalized spacial score (nSPS) is 16.5. The summed E-state index contributed by atoms with van der Waals surface area (Å²) in [5.41, 5.74) is 2.54. The summed E-state index contributed by atoms with van der Waals surface area (Å²) in [6, 6.07) is 3.48. The van der Waals surface area contributed by atoms with Crippen molar-refractivity contribution in [3.05, 3.63) is 54.4 Å². The quantitative estimate of drug-likeness (QED) is 0.528. The summed E-state index contributed by atoms with van der Waals surface area (Å²) in [7, 11) is 0. The molecule has 1 saturated heterocycles. The van der Waals surface area contributed by atoms with Crippen molar-refractivity contribution < 1.29 is 9.59 Å². The number of nitrogens with zero attached hydrogens (tertiary/aromatic N) is 2. The lowest BCUT2D eigenvalue weighted by molar-refractivity contribution is -0.126. The van der Waals surface area contributed by atoms with Crippen molar-refractivity contribution in [3.8, 4) is 11.8 Å². The minimum absolute atomic E-state index is 0.0979. The number of aromatic nitrogens is 2. The minimum Gasteiger partial charge on any atom is -0.346 e. The highest BCUT2D eigenvalue weighted by Crippen LogP contribution is 2.15. The summed E-state index contributed by atoms with van der Waals surface area (Å²) in [4.78, 5) is 33.8. The number of likely N-dealkylation sites (tertiary alicyclic amines) is 1. The van der Waals surface area contributed by atoms with Crippen molar-refractivity contribution in [2.24, 2.45) is 0 Å². The van der Waals surface area contributed by atoms with Crippen LogP contribution in [0.4, 0.5) is 4.79 Å². The highest BCUT2D eigenvalue weighted by Gasteiger charge is 2.24. The second kappa shape index (κ2) is 10.3. The Bertz CT molecular complexity index is 1010. The van der Waals surface area contributed by atoms with Crippen LogP contribution in [0.25, 0.3) is 11.0 Å². The maximum atomic E-state index is 12.4. The molecule has 3 rings (SSSR count). The third-order valence-electron chi connectivity index (χ3n) is 4.99. The second-order valence-electron chi connectivity index (χ2n) is 7.15. The fourth-order valence-electron chi connectivity index (χ4n) is 3.47. The molecule has 1 aliphatic heterocycles. The van der Waals surface area contributed by atoms with E-state index in [0.29, 0.717) is 19.6 Å². The van der Waals surface area contributed by atoms with Gasteiger partial charge in [0.2, 0.25) is 0 Å². The summed E-state index contributed by atoms with van der Waals surface area (Å²) >= 11 is 0. The molecule has 1 unspecified atom stereocenters. The van der Waals surface area contributed by atoms with Gasteiger partial charge in [-0.3, -0.25) is 4.79 Å². The number of piperidine rings is 1. The van der Waals surface area contributed by atoms with Gasteiger partial charge in [0, 0.05) is 54.9 Å². The first-order valence-electron chi connectivity index (χ1n) is 10.2. The van der Waals surface area contributed by atoms with Gasteiger partial charge in [0.15, 0.2) is 0 Å². The minimum atomic E-state index is -0.249. The van der Waals surface area contributed by atoms with Crippen LogP contribution in [0.15, 0.2) is 48.8 Å². The van der Waals surface area contributed by atoms with Gasteiger partial charge in [0.1, 0.15) is 5.65 Å². The number of urea groups is 1. The topological polar surface area (TPSA) is 90.1 Å². The van der Waals surface area contributed by atoms with Gasteiger partial charge in [-0.1, -0.05) is 31.6 Å². The number of allylic oxidation sites excluding steroid dienone is 3. The van der Waals surface area contributed by atoms with Crippen molar-refractivity contribution in [3.63, 3.8) is 0 Å². The molecule has 7 heteroatoms. The standard InChI is InChI=1S/C23H27N5O2/c1-3-6-17(4-2)8-9-21(29)28-14-5-7-19(16-28)27-23(30)26-15-18-10-12-24-22-20(18)11-13-25-22/h4,6,10-13,19H,2-3,5,7,14-16H2,1H3,(H,24,25)(H2,26,27,30)/b17-6+. The summed E-state index contributed by atoms with van der Waals surface area (Å²) < 4.78 is 0. The monoisotopic (exact) mass is 405 g/mol. The van der Waals surface area contributed by atoms with Crippen LogP contribution >= 0.6 is 0 Å². The Labute approximate surface area is 176 Å². The Kier molecular flexibility index (Phi) is 7.28. The molecule has 1 atom stereocenters. The third kappa shape index (κ3) is 5.51. The summed E-state index contributed by atoms with van der Waals surface area (Å²) in [5, 5.41) is 6.85. The van der Waals surface area contributed by atoms with E-state index in [9.17, 15) is 9.59 Å². The van der Waals surface area contributed by atoms with Gasteiger partial charge in [-0.15, -0.1) is 0 Å². The molecule has 1 aliphatic rings. The van der Waals surface area contributed by atoms with Crippen LogP contribution in [0.3, 0.4) is 0 Å². The number of hydrogen-bond donors (Lipinski definition) is 3. The molecule has 1 fully saturated rings. The molecule has 3 heterocycles. The zero-order valence-corrected chi connectivity index (χ0v) is 17.2. The van der Waals surface area contributed by atoms with Crippen LogP contribution in [-0.4, -0.2) is 45.9 Å². The highest BCUT2D eigenvalue weighted by molar-refractivity contribution is 5.94. The number of pyridine rings is 1. The van der Waals surface area contributed by atoms with Crippen molar-refractivity contribution >= 4 is 23.0 Å². The molecular weight excluding hydrogens is 378 g/mol. The molecule has 3 amide bonds. The lowest BCUT2D eigenvalue weighted by atomic mass is 10.1. The molecule has 2 aromatic rings. The number of fused-ring (bicyclic) bond motifs is 1. The smallest absolute Gasteiger partial charge is 0.315 e. The number of H-pyrrole nitrogens is 1. The van der Waals surface area contributed by atoms with E-state index < -0.39 is 0 Å². The molecule has 7 nitrogen and oxygen atoms in total. The fourth-order valence-corrected chi connectivity index (χ4v) is 3.47. The van der Waals surface area contributed by atoms with Gasteiger partial charge in [0.25, 0.3) is 5.91 Å². The van der Waals surface area contributed by atoms with Gasteiger partial charge in [-0.2, -0.15) is 0 Å². The maximum Gasteiger partial charge on any atom is 0.315 e. The van der Waals surface area contributed by atoms with Crippen LogP contribution in [0.2, 0.25) is 0 Å². The molecule has 3 N–H and O–H groups in total. The zero-order valence-electron chi connectivity index (χ0n) is 17.2. The van der Waals surface area contributed by atoms with Gasteiger partial charge < -0.3 is 20.5 Å². The first-order chi connectivity index (χ1) is 14.6. The molecule has 0 radical (unpaired) electrons. The number of carbonyl (C=O) groups is 2. The average Bonchev–Trinajstić information content (AvgIpc) is 3.24. The fraction of sp³-hybridized carbons (Fsp3) is 0.348. The number of amides is 3. The van der Waals surface area contributed by atoms with Crippen molar-refractivity contribution in [2.75, 3.05) is 13.1 Å². The molecule has 30 heavy (non-hydrogen) atoms. The van der Waals surface area contributed by atoms with E-state index in [2.05, 4.69) is 39.0 Å². The predicted molar refractivity (Wildman–Crippen MR) is 117 cm³/mol. The van der Waals surface area contributed by atoms with Gasteiger partial charge in [-0.05, 0) is 37.0 Å². The summed E-state index contributed by atoms with van der Waals surface area (Å²) in [6.45, 7) is 7.23. The van der Waals surface area contributed by atoms with Crippen LogP contribution in [0.1, 0.15) is 31.7 Å². The Hall–Kier alpha value is -3.53. The molecule has 0 aromatic carbocycles. The van der Waals surface area contributed by atoms with Crippen molar-refractivity contribution in [1.82, 2.24) is 25.5 Å². The van der Waals surface area contributed by atoms with Gasteiger partial charge >= 0.3 is 6.03 Å². The predicted octanol–water partition coefficient (Wildman–Crippen LogP) is 2.88. The number of hydrogen-bond acceptors (Lipinski definition) is 3. The summed E-state index contributed by atoms with van der Waals surface area (Å²) in [6.07, 6.45) is 9.62. The highest BCUT2D eigenvalue weighted by atomic mass is 16.2. The number of nitrogens with one attached hydrogen (secondary N) is 3. The van der Waals surface area contributed by atoms with E-state index in [4.69, 9.17) is 0 Å². The molecule has 2 aromatic heterocycles. The molecular formula is C23H27N5O2. The van der Waals surface area contributed by atoms with Crippen LogP contribution in [0, 0.1) is 11.8 Å². The Morgan fingerprint density at radius 3 is 3.07 bits per heavy atom. The van der Waals surface area contributed by atoms with Crippen LogP contribution in [-0.2, 0) is 11.3 Å². The number of aromatic amines is 1. The SMILES string of the molecule is C=C/C(C#CC(=O)N1CCCC(NC(=O)NCc2ccnc3[nH]ccc23)C1)=C\CC. The van der Waals surface area contributed by atoms with Gasteiger partial charge in [0.05, 0.1) is 0 Å². The Morgan fingerprint density at radius 1 is 1.40 bits per heavy atom. The summed E-state index contributed by atoms with van der Waals surface area (Å²) in [5.74, 6) is 5.33. The first-order valence-corrected chi connectivity index (χ1v) is 10.2. The maximum absolute atomic E-state index is 12.4. The number of rotatable bonds is 5. The first kappa shape index (κ1) is 21.2. The third-order valence-corrected chi connectivity index (χ3v) is 4.99. The Morgan fingerprint density at radius 2 is 2.27 bits per heavy atom. The van der Waals surface area contributed by atoms with E-state index in [1.165, 1.54) is 0 Å². The zero-order chi connectivity index (χ0) is 21.3. The van der Waals surface area contributed by atoms with E-state index >= 15 is 0 Å². The molecule has 0 aliphatic carbocycles. The molecule has 156 valence electrons. The van der Waals surface area contributed by atoms with E-state index in [1.54, 1.807) is 17.2 Å². The van der Waals surface area contributed by atoms with Crippen molar-refractivity contribution in [1.29, 1.82) is 0 Å². The Balaban J connectivity index is 1.52. The van der Waals surface area contributed by atoms with Crippen LogP contribution in [0.5, 0.6) is 0 Å². The number of carbonyl (C=O) groups excluding carboxylic acids is 2. The second-order valence-corrected chi connectivity index (χ2v) is 7.15. The van der Waals surface area contributed by atoms with Crippen molar-refractivity contribution in [2.45, 2.75) is 38.8 Å². The molecule has 0 bridgehead atoms. The van der Waals surface area contributed by atoms with E-state index in [0.717, 1.165) is 41.4 Å². The average molecular weight is 406 g/mol. The molecule has 0 spiro atoms. The lowest BCUT2D eigenvalue weighted by Crippen LogP contribution is -2.51. The van der Waals surface area contributed by atoms with E-state index in [1.807, 2.05) is 31.3 Å². The van der Waals surface area contributed by atoms with Crippen LogP contribution < -0.4 is 10.6 Å². The largest absolute Gasteiger partial charge is 0.346 e. The lowest BCUT2D eigenvalue weighted by Gasteiger charge is -2.31. The van der Waals surface area contributed by atoms with Gasteiger partial charge in [-0.25, -0.2) is 9.78 Å². The molecule has 0 saturated carbocycles.